The lowest BCUT2D eigenvalue weighted by Gasteiger charge is -2.30. The molecule has 264 valence electrons. The van der Waals surface area contributed by atoms with Crippen molar-refractivity contribution in [1.82, 2.24) is 15.0 Å². The summed E-state index contributed by atoms with van der Waals surface area (Å²) in [5.74, 6) is 1.93. The van der Waals surface area contributed by atoms with E-state index < -0.39 is 5.41 Å². The zero-order chi connectivity index (χ0) is 37.5. The molecular weight excluding hydrogens is 691 g/mol. The second-order valence-corrected chi connectivity index (χ2v) is 15.1. The zero-order valence-corrected chi connectivity index (χ0v) is 30.9. The molecule has 10 aromatic rings. The SMILES string of the molecule is c1ccc(-c2nc(-c3ccc4c(c3)-c3ccccc3C43c4ccccc4-c4ccccc43)nc(-c3cc(-c4cccc5ccccc45)c4ccccc4c3)n2)cc1. The zero-order valence-electron chi connectivity index (χ0n) is 30.9. The molecule has 12 rings (SSSR count). The quantitative estimate of drug-likeness (QED) is 0.181. The van der Waals surface area contributed by atoms with E-state index in [9.17, 15) is 0 Å². The predicted octanol–water partition coefficient (Wildman–Crippen LogP) is 13.2. The van der Waals surface area contributed by atoms with Crippen LogP contribution in [0, 0.1) is 0 Å². The minimum Gasteiger partial charge on any atom is -0.208 e. The van der Waals surface area contributed by atoms with Crippen LogP contribution in [0.5, 0.6) is 0 Å². The molecule has 9 aromatic carbocycles. The van der Waals surface area contributed by atoms with E-state index in [-0.39, 0.29) is 0 Å². The Morgan fingerprint density at radius 2 is 0.719 bits per heavy atom. The molecule has 2 aliphatic carbocycles. The molecule has 0 fully saturated rings. The number of nitrogens with zero attached hydrogens (tertiary/aromatic N) is 3. The normalized spacial score (nSPS) is 13.1. The van der Waals surface area contributed by atoms with Crippen molar-refractivity contribution in [2.75, 3.05) is 0 Å². The van der Waals surface area contributed by atoms with E-state index in [4.69, 9.17) is 15.0 Å². The Bertz CT molecular complexity index is 3200. The van der Waals surface area contributed by atoms with Gasteiger partial charge in [0.2, 0.25) is 0 Å². The van der Waals surface area contributed by atoms with Gasteiger partial charge in [-0.05, 0) is 95.4 Å². The van der Waals surface area contributed by atoms with Crippen molar-refractivity contribution in [2.24, 2.45) is 0 Å². The highest BCUT2D eigenvalue weighted by Gasteiger charge is 2.51. The largest absolute Gasteiger partial charge is 0.208 e. The van der Waals surface area contributed by atoms with Crippen LogP contribution in [0.2, 0.25) is 0 Å². The highest BCUT2D eigenvalue weighted by atomic mass is 15.0. The summed E-state index contributed by atoms with van der Waals surface area (Å²) in [5, 5.41) is 4.75. The van der Waals surface area contributed by atoms with Gasteiger partial charge in [-0.3, -0.25) is 0 Å². The van der Waals surface area contributed by atoms with Gasteiger partial charge in [0, 0.05) is 16.7 Å². The summed E-state index contributed by atoms with van der Waals surface area (Å²) in [6.45, 7) is 0. The minimum atomic E-state index is -0.403. The summed E-state index contributed by atoms with van der Waals surface area (Å²) in [5.41, 5.74) is 15.1. The Morgan fingerprint density at radius 3 is 1.40 bits per heavy atom. The molecule has 57 heavy (non-hydrogen) atoms. The van der Waals surface area contributed by atoms with E-state index >= 15 is 0 Å². The molecule has 1 aromatic heterocycles. The topological polar surface area (TPSA) is 38.7 Å². The molecule has 1 heterocycles. The van der Waals surface area contributed by atoms with Crippen LogP contribution >= 0.6 is 0 Å². The Kier molecular flexibility index (Phi) is 6.84. The monoisotopic (exact) mass is 723 g/mol. The molecule has 0 radical (unpaired) electrons. The molecule has 3 heteroatoms. The fourth-order valence-electron chi connectivity index (χ4n) is 9.71. The van der Waals surface area contributed by atoms with E-state index in [1.54, 1.807) is 0 Å². The molecule has 1 spiro atoms. The van der Waals surface area contributed by atoms with E-state index in [0.717, 1.165) is 27.6 Å². The molecule has 0 atom stereocenters. The lowest BCUT2D eigenvalue weighted by molar-refractivity contribution is 0.794. The molecule has 0 saturated carbocycles. The van der Waals surface area contributed by atoms with Crippen LogP contribution in [0.3, 0.4) is 0 Å². The third-order valence-electron chi connectivity index (χ3n) is 12.1. The summed E-state index contributed by atoms with van der Waals surface area (Å²) >= 11 is 0. The van der Waals surface area contributed by atoms with Crippen molar-refractivity contribution in [3.8, 4) is 67.5 Å². The molecule has 0 amide bonds. The Hall–Kier alpha value is -7.49. The summed E-state index contributed by atoms with van der Waals surface area (Å²) in [4.78, 5) is 15.7. The van der Waals surface area contributed by atoms with Gasteiger partial charge in [0.15, 0.2) is 17.5 Å². The summed E-state index contributed by atoms with van der Waals surface area (Å²) in [6, 6.07) is 72.1. The van der Waals surface area contributed by atoms with Crippen molar-refractivity contribution in [3.05, 3.63) is 222 Å². The second-order valence-electron chi connectivity index (χ2n) is 15.1. The number of benzene rings is 9. The maximum absolute atomic E-state index is 5.32. The first kappa shape index (κ1) is 31.8. The third kappa shape index (κ3) is 4.63. The van der Waals surface area contributed by atoms with Crippen LogP contribution in [-0.4, -0.2) is 15.0 Å². The minimum absolute atomic E-state index is 0.403. The van der Waals surface area contributed by atoms with Gasteiger partial charge in [0.25, 0.3) is 0 Å². The average molecular weight is 724 g/mol. The Morgan fingerprint density at radius 1 is 0.263 bits per heavy atom. The molecule has 0 unspecified atom stereocenters. The second kappa shape index (κ2) is 12.3. The van der Waals surface area contributed by atoms with Crippen LogP contribution in [0.25, 0.3) is 89.1 Å². The third-order valence-corrected chi connectivity index (χ3v) is 12.1. The summed E-state index contributed by atoms with van der Waals surface area (Å²) in [6.07, 6.45) is 0. The summed E-state index contributed by atoms with van der Waals surface area (Å²) in [7, 11) is 0. The smallest absolute Gasteiger partial charge is 0.164 e. The van der Waals surface area contributed by atoms with E-state index in [0.29, 0.717) is 17.5 Å². The highest BCUT2D eigenvalue weighted by molar-refractivity contribution is 6.07. The molecule has 0 saturated heterocycles. The van der Waals surface area contributed by atoms with Gasteiger partial charge < -0.3 is 0 Å². The lowest BCUT2D eigenvalue weighted by atomic mass is 9.70. The van der Waals surface area contributed by atoms with Gasteiger partial charge in [0.05, 0.1) is 5.41 Å². The van der Waals surface area contributed by atoms with Crippen molar-refractivity contribution in [1.29, 1.82) is 0 Å². The lowest BCUT2D eigenvalue weighted by Crippen LogP contribution is -2.25. The van der Waals surface area contributed by atoms with E-state index in [1.807, 2.05) is 18.2 Å². The number of fused-ring (bicyclic) bond motifs is 12. The molecule has 0 bridgehead atoms. The first-order valence-corrected chi connectivity index (χ1v) is 19.5. The number of aromatic nitrogens is 3. The first-order chi connectivity index (χ1) is 28.3. The molecule has 0 aliphatic heterocycles. The molecule has 2 aliphatic rings. The Labute approximate surface area is 330 Å². The van der Waals surface area contributed by atoms with Gasteiger partial charge in [-0.2, -0.15) is 0 Å². The Balaban J connectivity index is 1.08. The molecular formula is C54H33N3. The predicted molar refractivity (Wildman–Crippen MR) is 233 cm³/mol. The molecule has 3 nitrogen and oxygen atoms in total. The summed E-state index contributed by atoms with van der Waals surface area (Å²) < 4.78 is 0. The van der Waals surface area contributed by atoms with Crippen molar-refractivity contribution >= 4 is 21.5 Å². The number of hydrogen-bond acceptors (Lipinski definition) is 3. The molecule has 0 N–H and O–H groups in total. The van der Waals surface area contributed by atoms with Crippen LogP contribution in [-0.2, 0) is 5.41 Å². The maximum Gasteiger partial charge on any atom is 0.164 e. The van der Waals surface area contributed by atoms with Crippen molar-refractivity contribution < 1.29 is 0 Å². The average Bonchev–Trinajstić information content (AvgIpc) is 3.76. The van der Waals surface area contributed by atoms with E-state index in [2.05, 4.69) is 182 Å². The highest BCUT2D eigenvalue weighted by Crippen LogP contribution is 2.62. The van der Waals surface area contributed by atoms with Gasteiger partial charge in [-0.15, -0.1) is 0 Å². The van der Waals surface area contributed by atoms with Crippen LogP contribution < -0.4 is 0 Å². The van der Waals surface area contributed by atoms with Gasteiger partial charge in [0.1, 0.15) is 0 Å². The van der Waals surface area contributed by atoms with Gasteiger partial charge in [-0.25, -0.2) is 15.0 Å². The van der Waals surface area contributed by atoms with Crippen LogP contribution in [0.15, 0.2) is 200 Å². The van der Waals surface area contributed by atoms with Crippen LogP contribution in [0.1, 0.15) is 22.3 Å². The van der Waals surface area contributed by atoms with Crippen molar-refractivity contribution in [2.45, 2.75) is 5.41 Å². The van der Waals surface area contributed by atoms with Crippen LogP contribution in [0.4, 0.5) is 0 Å². The van der Waals surface area contributed by atoms with Gasteiger partial charge >= 0.3 is 0 Å². The fraction of sp³-hybridized carbons (Fsp3) is 0.0185. The van der Waals surface area contributed by atoms with Crippen molar-refractivity contribution in [3.63, 3.8) is 0 Å². The van der Waals surface area contributed by atoms with E-state index in [1.165, 1.54) is 66.2 Å². The van der Waals surface area contributed by atoms with Gasteiger partial charge in [-0.1, -0.05) is 182 Å². The number of hydrogen-bond donors (Lipinski definition) is 0. The first-order valence-electron chi connectivity index (χ1n) is 19.5. The maximum atomic E-state index is 5.32. The number of rotatable bonds is 4. The standard InChI is InChI=1S/C54H33N3/c1-2-16-35(17-3-1)51-55-52(57-53(56-51)38-31-36-18-5-7-21-40(36)45(33-38)41-25-14-19-34-15-4-6-20-39(34)41)37-29-30-50-46(32-37)44-24-10-13-28-49(44)54(50)47-26-11-8-22-42(47)43-23-9-12-27-48(43)54/h1-33H. The fourth-order valence-corrected chi connectivity index (χ4v) is 9.71.